The molecule has 0 unspecified atom stereocenters. The molecule has 1 aliphatic rings. The Morgan fingerprint density at radius 3 is 3.00 bits per heavy atom. The molecule has 0 spiro atoms. The average molecular weight is 273 g/mol. The summed E-state index contributed by atoms with van der Waals surface area (Å²) in [4.78, 5) is 15.2. The van der Waals surface area contributed by atoms with Crippen LogP contribution >= 0.6 is 0 Å². The van der Waals surface area contributed by atoms with E-state index in [4.69, 9.17) is 4.74 Å². The molecule has 0 saturated carbocycles. The van der Waals surface area contributed by atoms with E-state index in [9.17, 15) is 4.79 Å². The van der Waals surface area contributed by atoms with Crippen molar-refractivity contribution in [1.82, 2.24) is 10.3 Å². The highest BCUT2D eigenvalue weighted by molar-refractivity contribution is 5.98. The van der Waals surface area contributed by atoms with E-state index >= 15 is 0 Å². The van der Waals surface area contributed by atoms with Crippen LogP contribution in [-0.2, 0) is 13.0 Å². The van der Waals surface area contributed by atoms with Crippen LogP contribution in [0.25, 0.3) is 10.9 Å². The third-order valence-corrected chi connectivity index (χ3v) is 3.74. The van der Waals surface area contributed by atoms with Gasteiger partial charge in [-0.15, -0.1) is 0 Å². The Morgan fingerprint density at radius 1 is 1.40 bits per heavy atom. The fourth-order valence-electron chi connectivity index (χ4n) is 2.87. The molecular formula is C15H19N3O2. The SMILES string of the molecule is CNCc1cc(OC)c2c3c(c(=O)[nH]c2c1)CCCN3. The van der Waals surface area contributed by atoms with Crippen molar-refractivity contribution >= 4 is 16.6 Å². The zero-order valence-corrected chi connectivity index (χ0v) is 11.8. The molecule has 1 aliphatic heterocycles. The van der Waals surface area contributed by atoms with Gasteiger partial charge in [-0.3, -0.25) is 4.79 Å². The second-order valence-corrected chi connectivity index (χ2v) is 5.09. The predicted octanol–water partition coefficient (Wildman–Crippen LogP) is 1.61. The van der Waals surface area contributed by atoms with E-state index in [1.165, 1.54) is 0 Å². The van der Waals surface area contributed by atoms with Crippen LogP contribution in [0, 0.1) is 0 Å². The van der Waals surface area contributed by atoms with Crippen LogP contribution in [0.3, 0.4) is 0 Å². The number of pyridine rings is 1. The maximum absolute atomic E-state index is 12.2. The van der Waals surface area contributed by atoms with Crippen molar-refractivity contribution in [3.8, 4) is 5.75 Å². The molecule has 20 heavy (non-hydrogen) atoms. The Morgan fingerprint density at radius 2 is 2.25 bits per heavy atom. The second kappa shape index (κ2) is 5.17. The molecule has 2 aromatic rings. The number of aromatic nitrogens is 1. The number of fused-ring (bicyclic) bond motifs is 3. The Kier molecular flexibility index (Phi) is 3.36. The first-order valence-corrected chi connectivity index (χ1v) is 6.89. The summed E-state index contributed by atoms with van der Waals surface area (Å²) in [7, 11) is 3.56. The molecule has 0 atom stereocenters. The maximum Gasteiger partial charge on any atom is 0.253 e. The van der Waals surface area contributed by atoms with E-state index in [0.717, 1.165) is 59.4 Å². The molecule has 106 valence electrons. The van der Waals surface area contributed by atoms with E-state index in [-0.39, 0.29) is 5.56 Å². The molecule has 1 aromatic carbocycles. The number of hydrogen-bond acceptors (Lipinski definition) is 4. The van der Waals surface area contributed by atoms with Crippen LogP contribution in [0.1, 0.15) is 17.5 Å². The predicted molar refractivity (Wildman–Crippen MR) is 80.7 cm³/mol. The van der Waals surface area contributed by atoms with Crippen molar-refractivity contribution in [1.29, 1.82) is 0 Å². The summed E-state index contributed by atoms with van der Waals surface area (Å²) in [6, 6.07) is 4.03. The van der Waals surface area contributed by atoms with Crippen LogP contribution in [0.15, 0.2) is 16.9 Å². The highest BCUT2D eigenvalue weighted by Gasteiger charge is 2.19. The third-order valence-electron chi connectivity index (χ3n) is 3.74. The van der Waals surface area contributed by atoms with Gasteiger partial charge in [-0.05, 0) is 37.6 Å². The van der Waals surface area contributed by atoms with Gasteiger partial charge in [0.25, 0.3) is 5.56 Å². The number of methoxy groups -OCH3 is 1. The van der Waals surface area contributed by atoms with Gasteiger partial charge < -0.3 is 20.4 Å². The van der Waals surface area contributed by atoms with E-state index in [1.54, 1.807) is 7.11 Å². The number of anilines is 1. The van der Waals surface area contributed by atoms with E-state index in [2.05, 4.69) is 15.6 Å². The highest BCUT2D eigenvalue weighted by atomic mass is 16.5. The van der Waals surface area contributed by atoms with Gasteiger partial charge in [0.2, 0.25) is 0 Å². The zero-order valence-electron chi connectivity index (χ0n) is 11.8. The average Bonchev–Trinajstić information content (AvgIpc) is 2.47. The Hall–Kier alpha value is -2.01. The number of H-pyrrole nitrogens is 1. The summed E-state index contributed by atoms with van der Waals surface area (Å²) in [6.45, 7) is 1.63. The van der Waals surface area contributed by atoms with E-state index < -0.39 is 0 Å². The maximum atomic E-state index is 12.2. The minimum Gasteiger partial charge on any atom is -0.496 e. The summed E-state index contributed by atoms with van der Waals surface area (Å²) in [5.74, 6) is 0.801. The topological polar surface area (TPSA) is 66.1 Å². The summed E-state index contributed by atoms with van der Waals surface area (Å²) >= 11 is 0. The fourth-order valence-corrected chi connectivity index (χ4v) is 2.87. The molecule has 0 bridgehead atoms. The summed E-state index contributed by atoms with van der Waals surface area (Å²) in [5, 5.41) is 7.44. The second-order valence-electron chi connectivity index (χ2n) is 5.09. The molecule has 2 heterocycles. The highest BCUT2D eigenvalue weighted by Crippen LogP contribution is 2.35. The molecule has 5 nitrogen and oxygen atoms in total. The molecule has 0 amide bonds. The van der Waals surface area contributed by atoms with Crippen LogP contribution < -0.4 is 20.9 Å². The lowest BCUT2D eigenvalue weighted by atomic mass is 10.00. The molecule has 3 rings (SSSR count). The van der Waals surface area contributed by atoms with Crippen LogP contribution in [0.5, 0.6) is 5.75 Å². The van der Waals surface area contributed by atoms with Crippen molar-refractivity contribution in [2.45, 2.75) is 19.4 Å². The molecule has 3 N–H and O–H groups in total. The van der Waals surface area contributed by atoms with Crippen molar-refractivity contribution in [3.05, 3.63) is 33.6 Å². The number of aromatic amines is 1. The molecular weight excluding hydrogens is 254 g/mol. The van der Waals surface area contributed by atoms with Crippen LogP contribution in [-0.4, -0.2) is 25.7 Å². The van der Waals surface area contributed by atoms with E-state index in [0.29, 0.717) is 0 Å². The first kappa shape index (κ1) is 13.0. The number of benzene rings is 1. The summed E-state index contributed by atoms with van der Waals surface area (Å²) in [6.07, 6.45) is 1.80. The number of hydrogen-bond donors (Lipinski definition) is 3. The molecule has 5 heteroatoms. The van der Waals surface area contributed by atoms with Gasteiger partial charge in [-0.25, -0.2) is 0 Å². The lowest BCUT2D eigenvalue weighted by Gasteiger charge is -2.21. The first-order chi connectivity index (χ1) is 9.74. The summed E-state index contributed by atoms with van der Waals surface area (Å²) < 4.78 is 5.53. The lowest BCUT2D eigenvalue weighted by molar-refractivity contribution is 0.419. The van der Waals surface area contributed by atoms with Crippen LogP contribution in [0.2, 0.25) is 0 Å². The number of rotatable bonds is 3. The van der Waals surface area contributed by atoms with Gasteiger partial charge in [-0.2, -0.15) is 0 Å². The van der Waals surface area contributed by atoms with Crippen LogP contribution in [0.4, 0.5) is 5.69 Å². The largest absolute Gasteiger partial charge is 0.496 e. The fraction of sp³-hybridized carbons (Fsp3) is 0.400. The standard InChI is InChI=1S/C15H19N3O2/c1-16-8-9-6-11-13(12(7-9)20-2)14-10(15(19)18-11)4-3-5-17-14/h6-7,16-17H,3-5,8H2,1-2H3,(H,18,19). The molecule has 0 saturated heterocycles. The third kappa shape index (κ3) is 2.04. The number of ether oxygens (including phenoxy) is 1. The van der Waals surface area contributed by atoms with E-state index in [1.807, 2.05) is 19.2 Å². The molecule has 0 fully saturated rings. The van der Waals surface area contributed by atoms with Gasteiger partial charge in [0.15, 0.2) is 0 Å². The van der Waals surface area contributed by atoms with Gasteiger partial charge in [0, 0.05) is 18.7 Å². The monoisotopic (exact) mass is 273 g/mol. The Bertz CT molecular complexity index is 706. The minimum absolute atomic E-state index is 0.00311. The molecule has 0 radical (unpaired) electrons. The number of nitrogens with one attached hydrogen (secondary N) is 3. The minimum atomic E-state index is 0.00311. The first-order valence-electron chi connectivity index (χ1n) is 6.89. The van der Waals surface area contributed by atoms with Gasteiger partial charge in [0.05, 0.1) is 23.7 Å². The quantitative estimate of drug-likeness (QED) is 0.795. The normalized spacial score (nSPS) is 13.9. The van der Waals surface area contributed by atoms with Crippen molar-refractivity contribution in [2.24, 2.45) is 0 Å². The lowest BCUT2D eigenvalue weighted by Crippen LogP contribution is -2.22. The summed E-state index contributed by atoms with van der Waals surface area (Å²) in [5.41, 5.74) is 3.69. The van der Waals surface area contributed by atoms with Gasteiger partial charge in [0.1, 0.15) is 5.75 Å². The smallest absolute Gasteiger partial charge is 0.253 e. The zero-order chi connectivity index (χ0) is 14.1. The van der Waals surface area contributed by atoms with Crippen molar-refractivity contribution in [3.63, 3.8) is 0 Å². The Balaban J connectivity index is 2.33. The van der Waals surface area contributed by atoms with Gasteiger partial charge >= 0.3 is 0 Å². The van der Waals surface area contributed by atoms with Crippen molar-refractivity contribution < 1.29 is 4.74 Å². The van der Waals surface area contributed by atoms with Gasteiger partial charge in [-0.1, -0.05) is 0 Å². The van der Waals surface area contributed by atoms with Crippen molar-refractivity contribution in [2.75, 3.05) is 26.0 Å². The molecule has 0 aliphatic carbocycles. The Labute approximate surface area is 117 Å². The molecule has 1 aromatic heterocycles.